The minimum absolute atomic E-state index is 0.107. The molecule has 4 aromatic rings. The molecule has 0 aliphatic heterocycles. The van der Waals surface area contributed by atoms with Crippen LogP contribution in [-0.2, 0) is 0 Å². The van der Waals surface area contributed by atoms with Crippen molar-refractivity contribution in [1.29, 1.82) is 0 Å². The van der Waals surface area contributed by atoms with E-state index in [0.717, 1.165) is 15.6 Å². The van der Waals surface area contributed by atoms with E-state index in [4.69, 9.17) is 0 Å². The summed E-state index contributed by atoms with van der Waals surface area (Å²) in [6.07, 6.45) is 1.50. The molecule has 0 unspecified atom stereocenters. The molecule has 0 radical (unpaired) electrons. The number of benzene rings is 2. The van der Waals surface area contributed by atoms with Crippen molar-refractivity contribution >= 4 is 38.4 Å². The number of rotatable bonds is 3. The topological polar surface area (TPSA) is 79.3 Å². The van der Waals surface area contributed by atoms with Crippen molar-refractivity contribution in [2.24, 2.45) is 0 Å². The summed E-state index contributed by atoms with van der Waals surface area (Å²) in [4.78, 5) is 32.2. The van der Waals surface area contributed by atoms with E-state index >= 15 is 0 Å². The van der Waals surface area contributed by atoms with E-state index in [1.165, 1.54) is 6.33 Å². The molecule has 0 aliphatic rings. The molecule has 0 fully saturated rings. The maximum absolute atomic E-state index is 12.7. The molecular formula is C19H15BrN4O2. The van der Waals surface area contributed by atoms with Gasteiger partial charge in [-0.1, -0.05) is 46.3 Å². The molecule has 6 nitrogen and oxygen atoms in total. The zero-order chi connectivity index (χ0) is 18.3. The zero-order valence-corrected chi connectivity index (χ0v) is 15.4. The number of fused-ring (bicyclic) bond motifs is 3. The molecule has 2 N–H and O–H groups in total. The molecule has 0 aliphatic carbocycles. The van der Waals surface area contributed by atoms with E-state index in [-0.39, 0.29) is 28.7 Å². The lowest BCUT2D eigenvalue weighted by atomic mass is 10.1. The number of carbonyl (C=O) groups is 1. The summed E-state index contributed by atoms with van der Waals surface area (Å²) in [5, 5.41) is 2.90. The van der Waals surface area contributed by atoms with E-state index in [9.17, 15) is 9.59 Å². The molecule has 7 heteroatoms. The van der Waals surface area contributed by atoms with Gasteiger partial charge in [0.15, 0.2) is 5.69 Å². The van der Waals surface area contributed by atoms with Crippen molar-refractivity contribution in [2.75, 3.05) is 0 Å². The summed E-state index contributed by atoms with van der Waals surface area (Å²) >= 11 is 3.43. The maximum Gasteiger partial charge on any atom is 0.275 e. The fourth-order valence-corrected chi connectivity index (χ4v) is 3.34. The maximum atomic E-state index is 12.7. The first-order valence-corrected chi connectivity index (χ1v) is 8.88. The van der Waals surface area contributed by atoms with Gasteiger partial charge < -0.3 is 10.3 Å². The Balaban J connectivity index is 1.77. The average molecular weight is 411 g/mol. The van der Waals surface area contributed by atoms with E-state index in [1.807, 2.05) is 49.4 Å². The summed E-state index contributed by atoms with van der Waals surface area (Å²) in [6.45, 7) is 1.89. The fourth-order valence-electron chi connectivity index (χ4n) is 3.00. The number of H-pyrrole nitrogens is 1. The number of aromatic nitrogens is 3. The van der Waals surface area contributed by atoms with Gasteiger partial charge >= 0.3 is 0 Å². The Morgan fingerprint density at radius 3 is 2.77 bits per heavy atom. The highest BCUT2D eigenvalue weighted by molar-refractivity contribution is 9.10. The number of halogens is 1. The molecule has 0 saturated heterocycles. The van der Waals surface area contributed by atoms with Crippen molar-refractivity contribution in [1.82, 2.24) is 19.7 Å². The Hall–Kier alpha value is -2.93. The van der Waals surface area contributed by atoms with E-state index < -0.39 is 0 Å². The third-order valence-electron chi connectivity index (χ3n) is 4.31. The monoisotopic (exact) mass is 410 g/mol. The summed E-state index contributed by atoms with van der Waals surface area (Å²) < 4.78 is 2.51. The lowest BCUT2D eigenvalue weighted by Gasteiger charge is -2.13. The number of hydrogen-bond acceptors (Lipinski definition) is 3. The third kappa shape index (κ3) is 2.80. The molecule has 2 aromatic heterocycles. The highest BCUT2D eigenvalue weighted by atomic mass is 79.9. The highest BCUT2D eigenvalue weighted by Gasteiger charge is 2.20. The molecule has 2 aromatic carbocycles. The smallest absolute Gasteiger partial charge is 0.275 e. The SMILES string of the molecule is C[C@@H](NC(=O)c1ncn2c1c(=O)[nH]c1ccc(Br)cc12)c1ccccc1. The Kier molecular flexibility index (Phi) is 4.08. The fraction of sp³-hybridized carbons (Fsp3) is 0.105. The van der Waals surface area contributed by atoms with Gasteiger partial charge in [-0.2, -0.15) is 0 Å². The normalized spacial score (nSPS) is 12.4. The molecule has 1 atom stereocenters. The third-order valence-corrected chi connectivity index (χ3v) is 4.81. The van der Waals surface area contributed by atoms with E-state index in [1.54, 1.807) is 10.5 Å². The Bertz CT molecular complexity index is 1180. The number of nitrogens with one attached hydrogen (secondary N) is 2. The number of nitrogens with zero attached hydrogens (tertiary/aromatic N) is 2. The van der Waals surface area contributed by atoms with Crippen LogP contribution in [0.1, 0.15) is 29.0 Å². The van der Waals surface area contributed by atoms with Gasteiger partial charge in [0, 0.05) is 4.47 Å². The predicted molar refractivity (Wildman–Crippen MR) is 103 cm³/mol. The van der Waals surface area contributed by atoms with Crippen molar-refractivity contribution in [3.8, 4) is 0 Å². The number of hydrogen-bond donors (Lipinski definition) is 2. The van der Waals surface area contributed by atoms with Gasteiger partial charge in [0.25, 0.3) is 11.5 Å². The van der Waals surface area contributed by atoms with Gasteiger partial charge in [-0.05, 0) is 30.7 Å². The van der Waals surface area contributed by atoms with Gasteiger partial charge in [-0.3, -0.25) is 14.0 Å². The minimum atomic E-state index is -0.385. The molecule has 26 heavy (non-hydrogen) atoms. The van der Waals surface area contributed by atoms with Crippen LogP contribution in [0.15, 0.2) is 64.1 Å². The van der Waals surface area contributed by atoms with Crippen LogP contribution in [0.25, 0.3) is 16.6 Å². The first kappa shape index (κ1) is 16.5. The first-order chi connectivity index (χ1) is 12.5. The van der Waals surface area contributed by atoms with Gasteiger partial charge in [0.2, 0.25) is 0 Å². The van der Waals surface area contributed by atoms with Crippen molar-refractivity contribution in [3.63, 3.8) is 0 Å². The lowest BCUT2D eigenvalue weighted by Crippen LogP contribution is -2.28. The standard InChI is InChI=1S/C19H15BrN4O2/c1-11(12-5-3-2-4-6-12)22-18(25)16-17-19(26)23-14-8-7-13(20)9-15(14)24(17)10-21-16/h2-11H,1H3,(H,22,25)(H,23,26)/t11-/m1/s1. The second-order valence-corrected chi connectivity index (χ2v) is 6.95. The number of carbonyl (C=O) groups excluding carboxylic acids is 1. The Morgan fingerprint density at radius 1 is 1.23 bits per heavy atom. The molecule has 0 saturated carbocycles. The Morgan fingerprint density at radius 2 is 2.00 bits per heavy atom. The molecule has 0 bridgehead atoms. The number of aromatic amines is 1. The number of imidazole rings is 1. The van der Waals surface area contributed by atoms with E-state index in [0.29, 0.717) is 5.52 Å². The van der Waals surface area contributed by atoms with Gasteiger partial charge in [-0.15, -0.1) is 0 Å². The molecular weight excluding hydrogens is 396 g/mol. The van der Waals surface area contributed by atoms with Crippen molar-refractivity contribution in [3.05, 3.63) is 80.9 Å². The van der Waals surface area contributed by atoms with Crippen LogP contribution >= 0.6 is 15.9 Å². The van der Waals surface area contributed by atoms with Crippen LogP contribution in [-0.4, -0.2) is 20.3 Å². The second-order valence-electron chi connectivity index (χ2n) is 6.03. The van der Waals surface area contributed by atoms with Crippen LogP contribution in [0.4, 0.5) is 0 Å². The van der Waals surface area contributed by atoms with Gasteiger partial charge in [0.05, 0.1) is 17.1 Å². The van der Waals surface area contributed by atoms with Gasteiger partial charge in [-0.25, -0.2) is 4.98 Å². The largest absolute Gasteiger partial charge is 0.344 e. The molecule has 130 valence electrons. The lowest BCUT2D eigenvalue weighted by molar-refractivity contribution is 0.0937. The molecule has 2 heterocycles. The van der Waals surface area contributed by atoms with Crippen LogP contribution < -0.4 is 10.9 Å². The summed E-state index contributed by atoms with van der Waals surface area (Å²) in [5.41, 5.74) is 2.40. The molecule has 0 spiro atoms. The summed E-state index contributed by atoms with van der Waals surface area (Å²) in [6, 6.07) is 14.9. The quantitative estimate of drug-likeness (QED) is 0.542. The van der Waals surface area contributed by atoms with Crippen LogP contribution in [0, 0.1) is 0 Å². The zero-order valence-electron chi connectivity index (χ0n) is 13.9. The van der Waals surface area contributed by atoms with E-state index in [2.05, 4.69) is 31.2 Å². The average Bonchev–Trinajstić information content (AvgIpc) is 3.09. The highest BCUT2D eigenvalue weighted by Crippen LogP contribution is 2.20. The summed E-state index contributed by atoms with van der Waals surface area (Å²) in [5.74, 6) is -0.385. The predicted octanol–water partition coefficient (Wildman–Crippen LogP) is 3.43. The Labute approximate surface area is 157 Å². The van der Waals surface area contributed by atoms with Crippen LogP contribution in [0.5, 0.6) is 0 Å². The molecule has 1 amide bonds. The second kappa shape index (κ2) is 6.42. The number of amides is 1. The van der Waals surface area contributed by atoms with Gasteiger partial charge in [0.1, 0.15) is 11.8 Å². The van der Waals surface area contributed by atoms with Crippen molar-refractivity contribution in [2.45, 2.75) is 13.0 Å². The first-order valence-electron chi connectivity index (χ1n) is 8.09. The minimum Gasteiger partial charge on any atom is -0.344 e. The van der Waals surface area contributed by atoms with Crippen LogP contribution in [0.2, 0.25) is 0 Å². The van der Waals surface area contributed by atoms with Crippen molar-refractivity contribution < 1.29 is 4.79 Å². The van der Waals surface area contributed by atoms with Crippen LogP contribution in [0.3, 0.4) is 0 Å². The molecule has 4 rings (SSSR count). The summed E-state index contributed by atoms with van der Waals surface area (Å²) in [7, 11) is 0.